The zero-order valence-electron chi connectivity index (χ0n) is 14.8. The predicted octanol–water partition coefficient (Wildman–Crippen LogP) is 6.04. The second-order valence-electron chi connectivity index (χ2n) is 6.88. The minimum Gasteiger partial charge on any atom is -0.493 e. The molecule has 0 aliphatic carbocycles. The van der Waals surface area contributed by atoms with Gasteiger partial charge in [-0.05, 0) is 44.2 Å². The Balaban J connectivity index is 1.64. The molecule has 4 nitrogen and oxygen atoms in total. The molecule has 0 spiro atoms. The van der Waals surface area contributed by atoms with Gasteiger partial charge < -0.3 is 14.8 Å². The van der Waals surface area contributed by atoms with Crippen LogP contribution in [-0.2, 0) is 6.42 Å². The van der Waals surface area contributed by atoms with Crippen LogP contribution >= 0.6 is 27.3 Å². The summed E-state index contributed by atoms with van der Waals surface area (Å²) in [7, 11) is 1.68. The summed E-state index contributed by atoms with van der Waals surface area (Å²) >= 11 is 5.07. The molecule has 0 unspecified atom stereocenters. The lowest BCUT2D eigenvalue weighted by Gasteiger charge is -2.17. The van der Waals surface area contributed by atoms with E-state index in [2.05, 4.69) is 46.5 Å². The van der Waals surface area contributed by atoms with Gasteiger partial charge in [0, 0.05) is 33.1 Å². The summed E-state index contributed by atoms with van der Waals surface area (Å²) in [6.45, 7) is 4.18. The largest absolute Gasteiger partial charge is 0.493 e. The summed E-state index contributed by atoms with van der Waals surface area (Å²) < 4.78 is 12.6. The Labute approximate surface area is 165 Å². The van der Waals surface area contributed by atoms with Gasteiger partial charge in [-0.2, -0.15) is 0 Å². The molecule has 26 heavy (non-hydrogen) atoms. The Morgan fingerprint density at radius 2 is 2.12 bits per heavy atom. The number of halogens is 1. The first-order valence-electron chi connectivity index (χ1n) is 8.32. The Morgan fingerprint density at radius 1 is 1.27 bits per heavy atom. The SMILES string of the molecule is COc1cc(-c2csc(Nc3cccc(Br)c3)n2)cc2c1OC(C)(C)C2. The van der Waals surface area contributed by atoms with E-state index in [1.807, 2.05) is 30.3 Å². The van der Waals surface area contributed by atoms with Crippen molar-refractivity contribution in [2.75, 3.05) is 12.4 Å². The number of nitrogens with one attached hydrogen (secondary N) is 1. The molecule has 0 radical (unpaired) electrons. The van der Waals surface area contributed by atoms with E-state index in [-0.39, 0.29) is 5.60 Å². The van der Waals surface area contributed by atoms with Gasteiger partial charge in [-0.15, -0.1) is 11.3 Å². The standard InChI is InChI=1S/C20H19BrN2O2S/c1-20(2)10-13-7-12(8-17(24-3)18(13)25-20)16-11-26-19(23-16)22-15-6-4-5-14(21)9-15/h4-9,11H,10H2,1-3H3,(H,22,23). The molecule has 2 heterocycles. The van der Waals surface area contributed by atoms with Gasteiger partial charge in [-0.3, -0.25) is 0 Å². The molecule has 0 bridgehead atoms. The molecule has 0 fully saturated rings. The van der Waals surface area contributed by atoms with E-state index in [0.29, 0.717) is 0 Å². The topological polar surface area (TPSA) is 43.4 Å². The van der Waals surface area contributed by atoms with Crippen LogP contribution in [0.25, 0.3) is 11.3 Å². The first-order chi connectivity index (χ1) is 12.4. The molecule has 134 valence electrons. The number of fused-ring (bicyclic) bond motifs is 1. The Morgan fingerprint density at radius 3 is 2.88 bits per heavy atom. The number of hydrogen-bond donors (Lipinski definition) is 1. The summed E-state index contributed by atoms with van der Waals surface area (Å²) in [4.78, 5) is 4.74. The minimum absolute atomic E-state index is 0.205. The van der Waals surface area contributed by atoms with Crippen molar-refractivity contribution in [3.8, 4) is 22.8 Å². The lowest BCUT2D eigenvalue weighted by Crippen LogP contribution is -2.24. The van der Waals surface area contributed by atoms with Gasteiger partial charge in [0.15, 0.2) is 16.6 Å². The number of ether oxygens (including phenoxy) is 2. The fourth-order valence-electron chi connectivity index (χ4n) is 3.13. The minimum atomic E-state index is -0.205. The predicted molar refractivity (Wildman–Crippen MR) is 110 cm³/mol. The summed E-state index contributed by atoms with van der Waals surface area (Å²) in [5, 5.41) is 6.26. The van der Waals surface area contributed by atoms with E-state index >= 15 is 0 Å². The molecule has 0 saturated carbocycles. The second kappa shape index (κ2) is 6.59. The maximum Gasteiger partial charge on any atom is 0.187 e. The summed E-state index contributed by atoms with van der Waals surface area (Å²) in [5.41, 5.74) is 3.93. The molecule has 1 aromatic heterocycles. The van der Waals surface area contributed by atoms with Crippen molar-refractivity contribution >= 4 is 38.1 Å². The van der Waals surface area contributed by atoms with Crippen molar-refractivity contribution in [2.24, 2.45) is 0 Å². The zero-order chi connectivity index (χ0) is 18.3. The van der Waals surface area contributed by atoms with Crippen molar-refractivity contribution in [3.05, 3.63) is 51.8 Å². The van der Waals surface area contributed by atoms with Crippen molar-refractivity contribution in [1.29, 1.82) is 0 Å². The summed E-state index contributed by atoms with van der Waals surface area (Å²) in [6, 6.07) is 12.2. The van der Waals surface area contributed by atoms with Crippen LogP contribution in [0.4, 0.5) is 10.8 Å². The van der Waals surface area contributed by atoms with Crippen LogP contribution in [0, 0.1) is 0 Å². The van der Waals surface area contributed by atoms with E-state index in [1.165, 1.54) is 5.56 Å². The van der Waals surface area contributed by atoms with Crippen molar-refractivity contribution in [1.82, 2.24) is 4.98 Å². The second-order valence-corrected chi connectivity index (χ2v) is 8.65. The lowest BCUT2D eigenvalue weighted by atomic mass is 9.99. The Bertz CT molecular complexity index is 968. The fraction of sp³-hybridized carbons (Fsp3) is 0.250. The lowest BCUT2D eigenvalue weighted by molar-refractivity contribution is 0.134. The maximum atomic E-state index is 6.04. The third-order valence-corrected chi connectivity index (χ3v) is 5.47. The zero-order valence-corrected chi connectivity index (χ0v) is 17.2. The van der Waals surface area contributed by atoms with E-state index in [0.717, 1.165) is 44.5 Å². The summed E-state index contributed by atoms with van der Waals surface area (Å²) in [5.74, 6) is 1.61. The van der Waals surface area contributed by atoms with E-state index in [9.17, 15) is 0 Å². The first-order valence-corrected chi connectivity index (χ1v) is 9.99. The number of nitrogens with zero attached hydrogens (tertiary/aromatic N) is 1. The molecular formula is C20H19BrN2O2S. The van der Waals surface area contributed by atoms with Crippen molar-refractivity contribution in [2.45, 2.75) is 25.9 Å². The van der Waals surface area contributed by atoms with Gasteiger partial charge in [0.1, 0.15) is 5.60 Å². The third-order valence-electron chi connectivity index (χ3n) is 4.22. The molecule has 2 aromatic carbocycles. The summed E-state index contributed by atoms with van der Waals surface area (Å²) in [6.07, 6.45) is 0.861. The molecule has 1 aliphatic heterocycles. The van der Waals surface area contributed by atoms with E-state index in [1.54, 1.807) is 18.4 Å². The normalized spacial score (nSPS) is 14.6. The molecule has 1 aliphatic rings. The van der Waals surface area contributed by atoms with Crippen molar-refractivity contribution < 1.29 is 9.47 Å². The van der Waals surface area contributed by atoms with Gasteiger partial charge >= 0.3 is 0 Å². The van der Waals surface area contributed by atoms with Crippen molar-refractivity contribution in [3.63, 3.8) is 0 Å². The number of hydrogen-bond acceptors (Lipinski definition) is 5. The maximum absolute atomic E-state index is 6.04. The van der Waals surface area contributed by atoms with Gasteiger partial charge in [-0.25, -0.2) is 4.98 Å². The van der Waals surface area contributed by atoms with Gasteiger partial charge in [-0.1, -0.05) is 22.0 Å². The number of aromatic nitrogens is 1. The highest BCUT2D eigenvalue weighted by molar-refractivity contribution is 9.10. The number of rotatable bonds is 4. The number of benzene rings is 2. The molecule has 0 saturated heterocycles. The molecule has 0 atom stereocenters. The van der Waals surface area contributed by atoms with Crippen LogP contribution < -0.4 is 14.8 Å². The highest BCUT2D eigenvalue weighted by Gasteiger charge is 2.33. The highest BCUT2D eigenvalue weighted by atomic mass is 79.9. The van der Waals surface area contributed by atoms with Crippen LogP contribution in [0.2, 0.25) is 0 Å². The van der Waals surface area contributed by atoms with Crippen LogP contribution in [0.1, 0.15) is 19.4 Å². The highest BCUT2D eigenvalue weighted by Crippen LogP contribution is 2.44. The fourth-order valence-corrected chi connectivity index (χ4v) is 4.27. The van der Waals surface area contributed by atoms with E-state index < -0.39 is 0 Å². The van der Waals surface area contributed by atoms with Gasteiger partial charge in [0.05, 0.1) is 12.8 Å². The average Bonchev–Trinajstić information content (AvgIpc) is 3.16. The van der Waals surface area contributed by atoms with Crippen LogP contribution in [0.3, 0.4) is 0 Å². The van der Waals surface area contributed by atoms with Gasteiger partial charge in [0.2, 0.25) is 0 Å². The molecule has 0 amide bonds. The smallest absolute Gasteiger partial charge is 0.187 e. The molecular weight excluding hydrogens is 412 g/mol. The Kier molecular flexibility index (Phi) is 4.40. The van der Waals surface area contributed by atoms with Crippen LogP contribution in [-0.4, -0.2) is 17.7 Å². The quantitative estimate of drug-likeness (QED) is 0.547. The number of thiazole rings is 1. The molecule has 4 rings (SSSR count). The number of methoxy groups -OCH3 is 1. The molecule has 1 N–H and O–H groups in total. The van der Waals surface area contributed by atoms with Gasteiger partial charge in [0.25, 0.3) is 0 Å². The molecule has 3 aromatic rings. The monoisotopic (exact) mass is 430 g/mol. The first kappa shape index (κ1) is 17.4. The van der Waals surface area contributed by atoms with Crippen LogP contribution in [0.5, 0.6) is 11.5 Å². The molecule has 6 heteroatoms. The number of anilines is 2. The third kappa shape index (κ3) is 3.44. The van der Waals surface area contributed by atoms with E-state index in [4.69, 9.17) is 14.5 Å². The Hall–Kier alpha value is -2.05. The van der Waals surface area contributed by atoms with Crippen LogP contribution in [0.15, 0.2) is 46.3 Å². The average molecular weight is 431 g/mol.